The van der Waals surface area contributed by atoms with Crippen molar-refractivity contribution in [3.63, 3.8) is 0 Å². The molecule has 1 aromatic rings. The van der Waals surface area contributed by atoms with Crippen LogP contribution in [0.3, 0.4) is 0 Å². The van der Waals surface area contributed by atoms with Crippen LogP contribution in [0.1, 0.15) is 16.8 Å². The van der Waals surface area contributed by atoms with Gasteiger partial charge in [0.1, 0.15) is 0 Å². The number of benzene rings is 1. The quantitative estimate of drug-likeness (QED) is 0.477. The van der Waals surface area contributed by atoms with E-state index < -0.39 is 5.97 Å². The van der Waals surface area contributed by atoms with E-state index in [0.717, 1.165) is 0 Å². The third kappa shape index (κ3) is 2.28. The van der Waals surface area contributed by atoms with Crippen molar-refractivity contribution in [2.45, 2.75) is 11.7 Å². The standard InChI is InChI=1S/C12H14N2O3S/c1-17-12(16)7-2-3-9(13)10(4-7)14-6-8(18)5-11(14)15/h2-4,8,18H,5-6,13H2,1H3. The van der Waals surface area contributed by atoms with E-state index >= 15 is 0 Å². The molecule has 1 fully saturated rings. The molecule has 6 heteroatoms. The lowest BCUT2D eigenvalue weighted by Crippen LogP contribution is -2.26. The second-order valence-corrected chi connectivity index (χ2v) is 4.86. The fourth-order valence-corrected chi connectivity index (χ4v) is 2.26. The van der Waals surface area contributed by atoms with Gasteiger partial charge in [0.05, 0.1) is 24.0 Å². The number of nitrogen functional groups attached to an aromatic ring is 1. The van der Waals surface area contributed by atoms with Gasteiger partial charge in [-0.2, -0.15) is 12.6 Å². The highest BCUT2D eigenvalue weighted by Gasteiger charge is 2.29. The number of methoxy groups -OCH3 is 1. The molecule has 0 aliphatic carbocycles. The van der Waals surface area contributed by atoms with E-state index in [1.165, 1.54) is 7.11 Å². The van der Waals surface area contributed by atoms with Gasteiger partial charge in [-0.1, -0.05) is 0 Å². The summed E-state index contributed by atoms with van der Waals surface area (Å²) in [6, 6.07) is 4.75. The Kier molecular flexibility index (Phi) is 3.47. The number of thiol groups is 1. The number of rotatable bonds is 2. The summed E-state index contributed by atoms with van der Waals surface area (Å²) in [5, 5.41) is -0.00122. The smallest absolute Gasteiger partial charge is 0.337 e. The Bertz CT molecular complexity index is 504. The Hall–Kier alpha value is -1.69. The molecule has 0 saturated carbocycles. The molecule has 1 amide bonds. The molecule has 96 valence electrons. The minimum Gasteiger partial charge on any atom is -0.465 e. The fourth-order valence-electron chi connectivity index (χ4n) is 1.94. The maximum absolute atomic E-state index is 11.8. The highest BCUT2D eigenvalue weighted by Crippen LogP contribution is 2.30. The summed E-state index contributed by atoms with van der Waals surface area (Å²) in [5.74, 6) is -0.492. The van der Waals surface area contributed by atoms with E-state index in [-0.39, 0.29) is 11.2 Å². The molecule has 1 heterocycles. The molecule has 0 aromatic heterocycles. The molecule has 18 heavy (non-hydrogen) atoms. The molecular weight excluding hydrogens is 252 g/mol. The number of ether oxygens (including phenoxy) is 1. The molecule has 1 saturated heterocycles. The van der Waals surface area contributed by atoms with Crippen molar-refractivity contribution in [1.29, 1.82) is 0 Å². The van der Waals surface area contributed by atoms with Crippen molar-refractivity contribution in [1.82, 2.24) is 0 Å². The Morgan fingerprint density at radius 2 is 2.28 bits per heavy atom. The molecule has 1 aromatic carbocycles. The van der Waals surface area contributed by atoms with Crippen molar-refractivity contribution in [3.05, 3.63) is 23.8 Å². The summed E-state index contributed by atoms with van der Waals surface area (Å²) in [7, 11) is 1.31. The third-order valence-electron chi connectivity index (χ3n) is 2.85. The average Bonchev–Trinajstić information content (AvgIpc) is 2.68. The van der Waals surface area contributed by atoms with E-state index in [4.69, 9.17) is 5.73 Å². The minimum absolute atomic E-state index is 0.00122. The van der Waals surface area contributed by atoms with Gasteiger partial charge in [-0.3, -0.25) is 4.79 Å². The molecule has 1 aliphatic rings. The lowest BCUT2D eigenvalue weighted by atomic mass is 10.1. The van der Waals surface area contributed by atoms with Crippen LogP contribution in [0.25, 0.3) is 0 Å². The second kappa shape index (κ2) is 4.89. The van der Waals surface area contributed by atoms with Gasteiger partial charge in [0.25, 0.3) is 0 Å². The second-order valence-electron chi connectivity index (χ2n) is 4.13. The van der Waals surface area contributed by atoms with E-state index in [9.17, 15) is 9.59 Å². The first kappa shape index (κ1) is 12.8. The van der Waals surface area contributed by atoms with E-state index in [1.807, 2.05) is 0 Å². The lowest BCUT2D eigenvalue weighted by molar-refractivity contribution is -0.117. The van der Waals surface area contributed by atoms with Gasteiger partial charge in [-0.05, 0) is 18.2 Å². The van der Waals surface area contributed by atoms with Crippen LogP contribution in [0, 0.1) is 0 Å². The highest BCUT2D eigenvalue weighted by molar-refractivity contribution is 7.81. The minimum atomic E-state index is -0.453. The number of amides is 1. The zero-order chi connectivity index (χ0) is 13.3. The maximum Gasteiger partial charge on any atom is 0.337 e. The first-order chi connectivity index (χ1) is 8.52. The van der Waals surface area contributed by atoms with Gasteiger partial charge in [0, 0.05) is 18.2 Å². The number of nitrogens with zero attached hydrogens (tertiary/aromatic N) is 1. The Morgan fingerprint density at radius 3 is 2.83 bits per heavy atom. The first-order valence-electron chi connectivity index (χ1n) is 5.49. The largest absolute Gasteiger partial charge is 0.465 e. The molecule has 2 rings (SSSR count). The summed E-state index contributed by atoms with van der Waals surface area (Å²) in [4.78, 5) is 24.8. The Labute approximate surface area is 110 Å². The SMILES string of the molecule is COC(=O)c1ccc(N)c(N2CC(S)CC2=O)c1. The van der Waals surface area contributed by atoms with Gasteiger partial charge in [-0.15, -0.1) is 0 Å². The molecule has 0 bridgehead atoms. The summed E-state index contributed by atoms with van der Waals surface area (Å²) in [6.45, 7) is 0.497. The van der Waals surface area contributed by atoms with Crippen molar-refractivity contribution >= 4 is 35.9 Å². The van der Waals surface area contributed by atoms with Crippen molar-refractivity contribution in [2.75, 3.05) is 24.3 Å². The Balaban J connectivity index is 2.38. The van der Waals surface area contributed by atoms with Gasteiger partial charge >= 0.3 is 5.97 Å². The van der Waals surface area contributed by atoms with Crippen LogP contribution in [0.2, 0.25) is 0 Å². The zero-order valence-electron chi connectivity index (χ0n) is 9.92. The van der Waals surface area contributed by atoms with Gasteiger partial charge in [0.15, 0.2) is 0 Å². The monoisotopic (exact) mass is 266 g/mol. The summed E-state index contributed by atoms with van der Waals surface area (Å²) in [6.07, 6.45) is 0.380. The molecular formula is C12H14N2O3S. The van der Waals surface area contributed by atoms with Gasteiger partial charge in [-0.25, -0.2) is 4.79 Å². The van der Waals surface area contributed by atoms with Crippen LogP contribution in [-0.2, 0) is 9.53 Å². The third-order valence-corrected chi connectivity index (χ3v) is 3.19. The molecule has 2 N–H and O–H groups in total. The predicted octanol–water partition coefficient (Wildman–Crippen LogP) is 1.09. The molecule has 0 radical (unpaired) electrons. The highest BCUT2D eigenvalue weighted by atomic mass is 32.1. The number of hydrogen-bond donors (Lipinski definition) is 2. The van der Waals surface area contributed by atoms with Crippen LogP contribution in [-0.4, -0.2) is 30.8 Å². The van der Waals surface area contributed by atoms with Crippen LogP contribution < -0.4 is 10.6 Å². The fraction of sp³-hybridized carbons (Fsp3) is 0.333. The van der Waals surface area contributed by atoms with Crippen molar-refractivity contribution < 1.29 is 14.3 Å². The molecule has 0 spiro atoms. The van der Waals surface area contributed by atoms with Crippen molar-refractivity contribution in [3.8, 4) is 0 Å². The molecule has 1 aliphatic heterocycles. The van der Waals surface area contributed by atoms with Gasteiger partial charge < -0.3 is 15.4 Å². The zero-order valence-corrected chi connectivity index (χ0v) is 10.8. The summed E-state index contributed by atoms with van der Waals surface area (Å²) in [5.41, 5.74) is 7.22. The number of carbonyl (C=O) groups excluding carboxylic acids is 2. The van der Waals surface area contributed by atoms with E-state index in [2.05, 4.69) is 17.4 Å². The average molecular weight is 266 g/mol. The topological polar surface area (TPSA) is 72.6 Å². The number of esters is 1. The first-order valence-corrected chi connectivity index (χ1v) is 6.01. The number of hydrogen-bond acceptors (Lipinski definition) is 5. The van der Waals surface area contributed by atoms with Crippen LogP contribution >= 0.6 is 12.6 Å². The molecule has 1 unspecified atom stereocenters. The normalized spacial score (nSPS) is 19.1. The Morgan fingerprint density at radius 1 is 1.56 bits per heavy atom. The van der Waals surface area contributed by atoms with E-state index in [0.29, 0.717) is 29.9 Å². The van der Waals surface area contributed by atoms with E-state index in [1.54, 1.807) is 23.1 Å². The maximum atomic E-state index is 11.8. The van der Waals surface area contributed by atoms with Crippen LogP contribution in [0.15, 0.2) is 18.2 Å². The van der Waals surface area contributed by atoms with Gasteiger partial charge in [0.2, 0.25) is 5.91 Å². The summed E-state index contributed by atoms with van der Waals surface area (Å²) >= 11 is 4.29. The predicted molar refractivity (Wildman–Crippen MR) is 71.9 cm³/mol. The van der Waals surface area contributed by atoms with Crippen LogP contribution in [0.5, 0.6) is 0 Å². The molecule has 5 nitrogen and oxygen atoms in total. The number of carbonyl (C=O) groups is 2. The van der Waals surface area contributed by atoms with Crippen molar-refractivity contribution in [2.24, 2.45) is 0 Å². The van der Waals surface area contributed by atoms with Crippen LogP contribution in [0.4, 0.5) is 11.4 Å². The molecule has 1 atom stereocenters. The number of nitrogens with two attached hydrogens (primary N) is 1. The number of anilines is 2. The summed E-state index contributed by atoms with van der Waals surface area (Å²) < 4.78 is 4.64. The lowest BCUT2D eigenvalue weighted by Gasteiger charge is -2.18.